The minimum atomic E-state index is -0.269. The van der Waals surface area contributed by atoms with Crippen molar-refractivity contribution in [3.8, 4) is 5.75 Å². The first kappa shape index (κ1) is 18.0. The highest BCUT2D eigenvalue weighted by Gasteiger charge is 2.21. The number of hydrogen-bond donors (Lipinski definition) is 2. The van der Waals surface area contributed by atoms with Crippen molar-refractivity contribution in [2.75, 3.05) is 33.5 Å². The van der Waals surface area contributed by atoms with Crippen molar-refractivity contribution in [1.82, 2.24) is 5.32 Å². The highest BCUT2D eigenvalue weighted by molar-refractivity contribution is 5.27. The molecule has 0 aromatic heterocycles. The zero-order valence-corrected chi connectivity index (χ0v) is 13.5. The van der Waals surface area contributed by atoms with Crippen molar-refractivity contribution in [1.29, 1.82) is 0 Å². The Hall–Kier alpha value is -1.10. The van der Waals surface area contributed by atoms with Gasteiger partial charge in [0.15, 0.2) is 0 Å². The fraction of sp³-hybridized carbons (Fsp3) is 0.647. The van der Waals surface area contributed by atoms with E-state index in [0.29, 0.717) is 6.61 Å². The van der Waals surface area contributed by atoms with E-state index in [1.807, 2.05) is 19.1 Å². The molecule has 0 amide bonds. The maximum atomic E-state index is 9.50. The summed E-state index contributed by atoms with van der Waals surface area (Å²) in [6.45, 7) is 6.49. The standard InChI is InChI=1S/C17H29NO3/c1-4-11-18-17(2,14-19)10-13-21-16-7-5-15(6-8-16)9-12-20-3/h5-8,18-19H,4,9-14H2,1-3H3. The Morgan fingerprint density at radius 1 is 1.19 bits per heavy atom. The molecule has 0 saturated carbocycles. The van der Waals surface area contributed by atoms with Crippen molar-refractivity contribution in [3.05, 3.63) is 29.8 Å². The summed E-state index contributed by atoms with van der Waals surface area (Å²) in [6, 6.07) is 8.10. The Morgan fingerprint density at radius 2 is 1.90 bits per heavy atom. The summed E-state index contributed by atoms with van der Waals surface area (Å²) in [5.41, 5.74) is 0.975. The number of ether oxygens (including phenoxy) is 2. The molecule has 0 heterocycles. The normalized spacial score (nSPS) is 13.9. The number of aliphatic hydroxyl groups is 1. The molecule has 1 aromatic rings. The van der Waals surface area contributed by atoms with Crippen LogP contribution in [0.4, 0.5) is 0 Å². The molecule has 1 aromatic carbocycles. The number of methoxy groups -OCH3 is 1. The van der Waals surface area contributed by atoms with E-state index < -0.39 is 0 Å². The average molecular weight is 295 g/mol. The van der Waals surface area contributed by atoms with Gasteiger partial charge in [0.25, 0.3) is 0 Å². The summed E-state index contributed by atoms with van der Waals surface area (Å²) in [5.74, 6) is 0.868. The van der Waals surface area contributed by atoms with Crippen LogP contribution < -0.4 is 10.1 Å². The Bertz CT molecular complexity index is 380. The SMILES string of the molecule is CCCNC(C)(CO)CCOc1ccc(CCOC)cc1. The van der Waals surface area contributed by atoms with Crippen molar-refractivity contribution >= 4 is 0 Å². The van der Waals surface area contributed by atoms with Crippen LogP contribution in [0, 0.1) is 0 Å². The van der Waals surface area contributed by atoms with Crippen molar-refractivity contribution in [2.24, 2.45) is 0 Å². The predicted octanol–water partition coefficient (Wildman–Crippen LogP) is 2.40. The molecule has 2 N–H and O–H groups in total. The van der Waals surface area contributed by atoms with Gasteiger partial charge < -0.3 is 19.9 Å². The Labute approximate surface area is 128 Å². The van der Waals surface area contributed by atoms with Gasteiger partial charge in [0.2, 0.25) is 0 Å². The Morgan fingerprint density at radius 3 is 2.48 bits per heavy atom. The van der Waals surface area contributed by atoms with Crippen LogP contribution in [0.25, 0.3) is 0 Å². The van der Waals surface area contributed by atoms with Gasteiger partial charge in [-0.05, 0) is 44.0 Å². The third-order valence-corrected chi connectivity index (χ3v) is 3.59. The molecule has 21 heavy (non-hydrogen) atoms. The van der Waals surface area contributed by atoms with Crippen LogP contribution >= 0.6 is 0 Å². The van der Waals surface area contributed by atoms with E-state index in [1.54, 1.807) is 7.11 Å². The van der Waals surface area contributed by atoms with Gasteiger partial charge in [-0.3, -0.25) is 0 Å². The first-order chi connectivity index (χ1) is 10.1. The van der Waals surface area contributed by atoms with Gasteiger partial charge in [0.05, 0.1) is 19.8 Å². The third-order valence-electron chi connectivity index (χ3n) is 3.59. The average Bonchev–Trinajstić information content (AvgIpc) is 2.52. The van der Waals surface area contributed by atoms with Gasteiger partial charge in [0.1, 0.15) is 5.75 Å². The molecule has 0 aliphatic heterocycles. The van der Waals surface area contributed by atoms with Crippen molar-refractivity contribution in [2.45, 2.75) is 38.6 Å². The largest absolute Gasteiger partial charge is 0.494 e. The third kappa shape index (κ3) is 6.93. The smallest absolute Gasteiger partial charge is 0.119 e. The molecule has 0 aliphatic rings. The molecule has 0 fully saturated rings. The lowest BCUT2D eigenvalue weighted by molar-refractivity contribution is 0.144. The molecule has 4 heteroatoms. The minimum Gasteiger partial charge on any atom is -0.494 e. The first-order valence-corrected chi connectivity index (χ1v) is 7.70. The van der Waals surface area contributed by atoms with Crippen LogP contribution in [0.3, 0.4) is 0 Å². The van der Waals surface area contributed by atoms with Crippen LogP contribution in [0.15, 0.2) is 24.3 Å². The predicted molar refractivity (Wildman–Crippen MR) is 85.9 cm³/mol. The quantitative estimate of drug-likeness (QED) is 0.658. The van der Waals surface area contributed by atoms with E-state index >= 15 is 0 Å². The highest BCUT2D eigenvalue weighted by atomic mass is 16.5. The Balaban J connectivity index is 2.37. The Kier molecular flexibility index (Phi) is 8.35. The summed E-state index contributed by atoms with van der Waals surface area (Å²) in [5, 5.41) is 12.9. The number of aliphatic hydroxyl groups excluding tert-OH is 1. The summed E-state index contributed by atoms with van der Waals surface area (Å²) >= 11 is 0. The number of benzene rings is 1. The second kappa shape index (κ2) is 9.77. The highest BCUT2D eigenvalue weighted by Crippen LogP contribution is 2.15. The molecule has 0 bridgehead atoms. The summed E-state index contributed by atoms with van der Waals surface area (Å²) < 4.78 is 10.8. The second-order valence-corrected chi connectivity index (χ2v) is 5.63. The molecule has 1 unspecified atom stereocenters. The van der Waals surface area contributed by atoms with E-state index in [-0.39, 0.29) is 12.1 Å². The molecule has 1 atom stereocenters. The van der Waals surface area contributed by atoms with Crippen molar-refractivity contribution < 1.29 is 14.6 Å². The molecule has 0 spiro atoms. The zero-order chi connectivity index (χ0) is 15.6. The fourth-order valence-electron chi connectivity index (χ4n) is 2.02. The van der Waals surface area contributed by atoms with Crippen LogP contribution in [-0.4, -0.2) is 44.1 Å². The zero-order valence-electron chi connectivity index (χ0n) is 13.5. The lowest BCUT2D eigenvalue weighted by atomic mass is 9.99. The first-order valence-electron chi connectivity index (χ1n) is 7.70. The maximum absolute atomic E-state index is 9.50. The minimum absolute atomic E-state index is 0.117. The van der Waals surface area contributed by atoms with Gasteiger partial charge in [-0.25, -0.2) is 0 Å². The number of nitrogens with one attached hydrogen (secondary N) is 1. The fourth-order valence-corrected chi connectivity index (χ4v) is 2.02. The van der Waals surface area contributed by atoms with E-state index in [0.717, 1.165) is 38.2 Å². The van der Waals surface area contributed by atoms with Crippen LogP contribution in [0.5, 0.6) is 5.75 Å². The van der Waals surface area contributed by atoms with Crippen molar-refractivity contribution in [3.63, 3.8) is 0 Å². The van der Waals surface area contributed by atoms with Gasteiger partial charge in [0, 0.05) is 19.1 Å². The van der Waals surface area contributed by atoms with Crippen LogP contribution in [0.1, 0.15) is 32.3 Å². The molecule has 1 rings (SSSR count). The van der Waals surface area contributed by atoms with Gasteiger partial charge in [-0.2, -0.15) is 0 Å². The maximum Gasteiger partial charge on any atom is 0.119 e. The molecular formula is C17H29NO3. The topological polar surface area (TPSA) is 50.7 Å². The second-order valence-electron chi connectivity index (χ2n) is 5.63. The van der Waals surface area contributed by atoms with E-state index in [1.165, 1.54) is 5.56 Å². The van der Waals surface area contributed by atoms with Crippen LogP contribution in [-0.2, 0) is 11.2 Å². The summed E-state index contributed by atoms with van der Waals surface area (Å²) in [7, 11) is 1.71. The van der Waals surface area contributed by atoms with E-state index in [2.05, 4.69) is 24.4 Å². The number of rotatable bonds is 11. The van der Waals surface area contributed by atoms with Crippen LogP contribution in [0.2, 0.25) is 0 Å². The van der Waals surface area contributed by atoms with Gasteiger partial charge in [-0.1, -0.05) is 19.1 Å². The molecule has 4 nitrogen and oxygen atoms in total. The molecule has 120 valence electrons. The van der Waals surface area contributed by atoms with E-state index in [9.17, 15) is 5.11 Å². The molecular weight excluding hydrogens is 266 g/mol. The molecule has 0 aliphatic carbocycles. The van der Waals surface area contributed by atoms with Gasteiger partial charge >= 0.3 is 0 Å². The summed E-state index contributed by atoms with van der Waals surface area (Å²) in [4.78, 5) is 0. The lowest BCUT2D eigenvalue weighted by Crippen LogP contribution is -2.47. The summed E-state index contributed by atoms with van der Waals surface area (Å²) in [6.07, 6.45) is 2.74. The molecule has 0 saturated heterocycles. The number of hydrogen-bond acceptors (Lipinski definition) is 4. The lowest BCUT2D eigenvalue weighted by Gasteiger charge is -2.28. The molecule has 0 radical (unpaired) electrons. The van der Waals surface area contributed by atoms with Gasteiger partial charge in [-0.15, -0.1) is 0 Å². The van der Waals surface area contributed by atoms with E-state index in [4.69, 9.17) is 9.47 Å². The monoisotopic (exact) mass is 295 g/mol.